The van der Waals surface area contributed by atoms with Crippen LogP contribution in [0.5, 0.6) is 0 Å². The number of pyridine rings is 1. The molecule has 0 spiro atoms. The number of fused-ring (bicyclic) bond motifs is 1. The van der Waals surface area contributed by atoms with Crippen LogP contribution in [-0.2, 0) is 11.3 Å². The van der Waals surface area contributed by atoms with Gasteiger partial charge in [-0.15, -0.1) is 0 Å². The Labute approximate surface area is 270 Å². The number of carbonyl (C=O) groups is 2. The second-order valence-corrected chi connectivity index (χ2v) is 11.8. The Kier molecular flexibility index (Phi) is 8.77. The van der Waals surface area contributed by atoms with Crippen LogP contribution >= 0.6 is 0 Å². The summed E-state index contributed by atoms with van der Waals surface area (Å²) < 4.78 is 47.3. The van der Waals surface area contributed by atoms with Crippen molar-refractivity contribution < 1.29 is 27.2 Å². The molecule has 1 unspecified atom stereocenters. The number of benzene rings is 3. The molecular formula is C37H35F3N4O3. The van der Waals surface area contributed by atoms with E-state index in [2.05, 4.69) is 10.3 Å². The van der Waals surface area contributed by atoms with Crippen molar-refractivity contribution in [1.29, 1.82) is 0 Å². The van der Waals surface area contributed by atoms with E-state index in [1.54, 1.807) is 48.7 Å². The predicted octanol–water partition coefficient (Wildman–Crippen LogP) is 7.81. The molecule has 0 bridgehead atoms. The first kappa shape index (κ1) is 31.8. The van der Waals surface area contributed by atoms with Gasteiger partial charge >= 0.3 is 0 Å². The lowest BCUT2D eigenvalue weighted by Gasteiger charge is -2.16. The number of rotatable bonds is 7. The number of aromatic nitrogens is 1. The highest BCUT2D eigenvalue weighted by Gasteiger charge is 2.44. The van der Waals surface area contributed by atoms with Gasteiger partial charge in [0.15, 0.2) is 0 Å². The first-order valence-corrected chi connectivity index (χ1v) is 15.7. The van der Waals surface area contributed by atoms with E-state index >= 15 is 0 Å². The number of nitrogens with two attached hydrogens (primary N) is 1. The van der Waals surface area contributed by atoms with Gasteiger partial charge in [0.25, 0.3) is 11.8 Å². The Morgan fingerprint density at radius 1 is 0.979 bits per heavy atom. The molecule has 1 saturated heterocycles. The lowest BCUT2D eigenvalue weighted by atomic mass is 9.96. The van der Waals surface area contributed by atoms with Crippen LogP contribution in [0.15, 0.2) is 89.5 Å². The average Bonchev–Trinajstić information content (AvgIpc) is 3.64. The van der Waals surface area contributed by atoms with E-state index in [4.69, 9.17) is 10.2 Å². The summed E-state index contributed by atoms with van der Waals surface area (Å²) in [7, 11) is 0. The van der Waals surface area contributed by atoms with Crippen LogP contribution < -0.4 is 11.1 Å². The van der Waals surface area contributed by atoms with Gasteiger partial charge in [-0.1, -0.05) is 44.2 Å². The van der Waals surface area contributed by atoms with Crippen molar-refractivity contribution in [3.63, 3.8) is 0 Å². The highest BCUT2D eigenvalue weighted by atomic mass is 19.3. The van der Waals surface area contributed by atoms with E-state index in [-0.39, 0.29) is 43.1 Å². The first-order valence-electron chi connectivity index (χ1n) is 15.7. The summed E-state index contributed by atoms with van der Waals surface area (Å²) in [5, 5.41) is 3.77. The smallest absolute Gasteiger partial charge is 0.267 e. The topological polar surface area (TPSA) is 101 Å². The Morgan fingerprint density at radius 3 is 2.36 bits per heavy atom. The van der Waals surface area contributed by atoms with Crippen molar-refractivity contribution in [3.05, 3.63) is 108 Å². The van der Waals surface area contributed by atoms with Gasteiger partial charge < -0.3 is 20.4 Å². The number of carbonyl (C=O) groups excluding carboxylic acids is 2. The molecule has 3 aromatic carbocycles. The maximum Gasteiger partial charge on any atom is 0.267 e. The number of nitrogens with one attached hydrogen (secondary N) is 1. The molecular weight excluding hydrogens is 605 g/mol. The Bertz CT molecular complexity index is 1910. The molecule has 1 aliphatic carbocycles. The summed E-state index contributed by atoms with van der Waals surface area (Å²) in [6.07, 6.45) is 2.12. The van der Waals surface area contributed by atoms with Gasteiger partial charge in [0.1, 0.15) is 23.0 Å². The summed E-state index contributed by atoms with van der Waals surface area (Å²) >= 11 is 0. The first-order chi connectivity index (χ1) is 22.6. The van der Waals surface area contributed by atoms with Gasteiger partial charge in [-0.25, -0.2) is 18.2 Å². The lowest BCUT2D eigenvalue weighted by molar-refractivity contribution is -0.122. The molecule has 3 heterocycles. The average molecular weight is 641 g/mol. The van der Waals surface area contributed by atoms with Crippen molar-refractivity contribution in [2.24, 2.45) is 5.92 Å². The van der Waals surface area contributed by atoms with Gasteiger partial charge in [-0.05, 0) is 83.1 Å². The van der Waals surface area contributed by atoms with Crippen molar-refractivity contribution in [2.45, 2.75) is 45.1 Å². The van der Waals surface area contributed by atoms with Gasteiger partial charge in [-0.3, -0.25) is 9.59 Å². The highest BCUT2D eigenvalue weighted by Crippen LogP contribution is 2.47. The van der Waals surface area contributed by atoms with Gasteiger partial charge in [0.2, 0.25) is 5.91 Å². The zero-order valence-electron chi connectivity index (χ0n) is 26.1. The normalized spacial score (nSPS) is 18.0. The molecule has 1 aliphatic heterocycles. The number of halogens is 3. The number of hydrogen-bond acceptors (Lipinski definition) is 5. The molecule has 2 aliphatic rings. The Balaban J connectivity index is 0.00000190. The third kappa shape index (κ3) is 6.86. The van der Waals surface area contributed by atoms with Gasteiger partial charge in [0, 0.05) is 41.6 Å². The van der Waals surface area contributed by atoms with Crippen molar-refractivity contribution >= 4 is 28.6 Å². The molecule has 2 fully saturated rings. The number of hydrogen-bond donors (Lipinski definition) is 2. The predicted molar refractivity (Wildman–Crippen MR) is 175 cm³/mol. The number of amides is 2. The molecule has 1 saturated carbocycles. The zero-order valence-corrected chi connectivity index (χ0v) is 26.1. The van der Waals surface area contributed by atoms with Crippen LogP contribution in [0.25, 0.3) is 33.2 Å². The molecule has 0 radical (unpaired) electrons. The maximum absolute atomic E-state index is 13.8. The van der Waals surface area contributed by atoms with Crippen molar-refractivity contribution in [2.75, 3.05) is 18.8 Å². The molecule has 242 valence electrons. The summed E-state index contributed by atoms with van der Waals surface area (Å²) in [5.41, 5.74) is 10.7. The van der Waals surface area contributed by atoms with Crippen molar-refractivity contribution in [1.82, 2.24) is 15.2 Å². The van der Waals surface area contributed by atoms with Gasteiger partial charge in [0.05, 0.1) is 13.1 Å². The standard InChI is InChI=1S/C35H29F3N4O3.C2H6/c36-26-8-5-21(6-9-26)29-15-24(20-1-3-22(4-2-20)34(44)42-12-11-35(37,38)19-42)13-25-14-27(45-32(25)29)18-41-33(43)30-16-28(30)23-7-10-31(39)40-17-23;1-2/h1-10,13-15,17,28,30H,11-12,16,18-19H2,(H2,39,40)(H,41,43);1-2H3/t28?,30-;/m0./s1. The van der Waals surface area contributed by atoms with Crippen molar-refractivity contribution in [3.8, 4) is 22.3 Å². The summed E-state index contributed by atoms with van der Waals surface area (Å²) in [5.74, 6) is -2.74. The number of nitrogens with zero attached hydrogens (tertiary/aromatic N) is 2. The molecule has 2 atom stereocenters. The molecule has 10 heteroatoms. The monoisotopic (exact) mass is 640 g/mol. The quantitative estimate of drug-likeness (QED) is 0.189. The third-order valence-electron chi connectivity index (χ3n) is 8.55. The Morgan fingerprint density at radius 2 is 1.70 bits per heavy atom. The van der Waals surface area contributed by atoms with E-state index in [1.165, 1.54) is 17.0 Å². The third-order valence-corrected chi connectivity index (χ3v) is 8.55. The fourth-order valence-corrected chi connectivity index (χ4v) is 6.00. The van der Waals surface area contributed by atoms with Crippen LogP contribution in [0.1, 0.15) is 54.3 Å². The van der Waals surface area contributed by atoms with Crippen LogP contribution in [0.2, 0.25) is 0 Å². The number of furan rings is 1. The van der Waals surface area contributed by atoms with E-state index in [0.29, 0.717) is 22.7 Å². The summed E-state index contributed by atoms with van der Waals surface area (Å²) in [4.78, 5) is 31.0. The number of anilines is 1. The summed E-state index contributed by atoms with van der Waals surface area (Å²) in [6.45, 7) is 3.65. The zero-order chi connectivity index (χ0) is 33.3. The minimum absolute atomic E-state index is 0.0237. The molecule has 5 aromatic rings. The lowest BCUT2D eigenvalue weighted by Crippen LogP contribution is -2.31. The van der Waals surface area contributed by atoms with Crippen LogP contribution in [0.3, 0.4) is 0 Å². The number of likely N-dealkylation sites (tertiary alicyclic amines) is 1. The van der Waals surface area contributed by atoms with Crippen LogP contribution in [0.4, 0.5) is 19.0 Å². The molecule has 2 aromatic heterocycles. The molecule has 2 amide bonds. The maximum atomic E-state index is 13.8. The van der Waals surface area contributed by atoms with E-state index in [9.17, 15) is 22.8 Å². The number of nitrogen functional groups attached to an aromatic ring is 1. The van der Waals surface area contributed by atoms with Crippen LogP contribution in [0, 0.1) is 11.7 Å². The van der Waals surface area contributed by atoms with Gasteiger partial charge in [-0.2, -0.15) is 0 Å². The van der Waals surface area contributed by atoms with E-state index in [0.717, 1.165) is 39.6 Å². The molecule has 7 rings (SSSR count). The largest absolute Gasteiger partial charge is 0.459 e. The SMILES string of the molecule is CC.Nc1ccc(C2C[C@@H]2C(=O)NCc2cc3cc(-c4ccc(C(=O)N5CCC(F)(F)C5)cc4)cc(-c4ccc(F)cc4)c3o2)cn1. The molecule has 7 nitrogen and oxygen atoms in total. The van der Waals surface area contributed by atoms with E-state index < -0.39 is 18.4 Å². The minimum Gasteiger partial charge on any atom is -0.459 e. The fourth-order valence-electron chi connectivity index (χ4n) is 6.00. The Hall–Kier alpha value is -5.12. The molecule has 3 N–H and O–H groups in total. The molecule has 47 heavy (non-hydrogen) atoms. The number of alkyl halides is 2. The fraction of sp³-hybridized carbons (Fsp3) is 0.270. The second kappa shape index (κ2) is 12.9. The highest BCUT2D eigenvalue weighted by molar-refractivity contribution is 5.98. The second-order valence-electron chi connectivity index (χ2n) is 11.8. The van der Waals surface area contributed by atoms with Crippen LogP contribution in [-0.4, -0.2) is 40.7 Å². The minimum atomic E-state index is -2.86. The van der Waals surface area contributed by atoms with E-state index in [1.807, 2.05) is 38.1 Å². The summed E-state index contributed by atoms with van der Waals surface area (Å²) in [6, 6.07) is 22.3.